The van der Waals surface area contributed by atoms with E-state index in [1.54, 1.807) is 4.57 Å². The molecule has 2 aliphatic heterocycles. The number of anilines is 1. The number of piperidine rings is 1. The van der Waals surface area contributed by atoms with Crippen LogP contribution < -0.4 is 10.1 Å². The van der Waals surface area contributed by atoms with Crippen LogP contribution in [0, 0.1) is 10.1 Å². The summed E-state index contributed by atoms with van der Waals surface area (Å²) in [7, 11) is 0. The molecule has 30 heavy (non-hydrogen) atoms. The van der Waals surface area contributed by atoms with Crippen molar-refractivity contribution in [1.82, 2.24) is 14.5 Å². The molecule has 0 atom stereocenters. The second kappa shape index (κ2) is 7.27. The van der Waals surface area contributed by atoms with Gasteiger partial charge in [0.25, 0.3) is 0 Å². The zero-order valence-electron chi connectivity index (χ0n) is 15.7. The lowest BCUT2D eigenvalue weighted by Crippen LogP contribution is -2.49. The van der Waals surface area contributed by atoms with Crippen molar-refractivity contribution >= 4 is 17.4 Å². The number of rotatable bonds is 4. The smallest absolute Gasteiger partial charge is 0.416 e. The van der Waals surface area contributed by atoms with Gasteiger partial charge in [0.15, 0.2) is 0 Å². The highest BCUT2D eigenvalue weighted by atomic mass is 19.4. The first-order valence-corrected chi connectivity index (χ1v) is 9.24. The number of alkyl halides is 3. The number of nitro groups is 1. The number of amides is 1. The Kier molecular flexibility index (Phi) is 4.88. The van der Waals surface area contributed by atoms with Crippen molar-refractivity contribution in [3.05, 3.63) is 46.1 Å². The van der Waals surface area contributed by atoms with Crippen LogP contribution in [0.25, 0.3) is 0 Å². The maximum Gasteiger partial charge on any atom is 0.416 e. The van der Waals surface area contributed by atoms with Crippen molar-refractivity contribution < 1.29 is 27.6 Å². The molecule has 0 saturated carbocycles. The average Bonchev–Trinajstić information content (AvgIpc) is 3.20. The van der Waals surface area contributed by atoms with Crippen molar-refractivity contribution in [3.8, 4) is 6.01 Å². The minimum absolute atomic E-state index is 0.104. The highest BCUT2D eigenvalue weighted by Gasteiger charge is 2.45. The summed E-state index contributed by atoms with van der Waals surface area (Å²) in [6.07, 6.45) is -1.82. The van der Waals surface area contributed by atoms with E-state index in [0.717, 1.165) is 12.1 Å². The van der Waals surface area contributed by atoms with E-state index in [-0.39, 0.29) is 24.3 Å². The molecule has 2 aromatic rings. The lowest BCUT2D eigenvalue weighted by Gasteiger charge is -2.37. The van der Waals surface area contributed by atoms with Gasteiger partial charge in [0.05, 0.1) is 18.7 Å². The van der Waals surface area contributed by atoms with Crippen molar-refractivity contribution in [2.24, 2.45) is 0 Å². The number of carbonyl (C=O) groups is 1. The molecule has 0 bridgehead atoms. The van der Waals surface area contributed by atoms with Gasteiger partial charge in [-0.2, -0.15) is 13.2 Å². The summed E-state index contributed by atoms with van der Waals surface area (Å²) in [5.74, 6) is -0.571. The molecule has 1 aromatic heterocycles. The minimum atomic E-state index is -4.42. The zero-order chi connectivity index (χ0) is 21.5. The number of ether oxygens (including phenoxy) is 1. The second-order valence-corrected chi connectivity index (χ2v) is 7.45. The molecule has 3 heterocycles. The summed E-state index contributed by atoms with van der Waals surface area (Å²) in [6.45, 7) is 1.72. The van der Waals surface area contributed by atoms with Gasteiger partial charge in [-0.15, -0.1) is 0 Å². The van der Waals surface area contributed by atoms with Crippen LogP contribution in [0.2, 0.25) is 0 Å². The summed E-state index contributed by atoms with van der Waals surface area (Å²) in [5.41, 5.74) is -0.964. The average molecular weight is 425 g/mol. The fourth-order valence-electron chi connectivity index (χ4n) is 3.73. The first-order chi connectivity index (χ1) is 14.1. The Balaban J connectivity index is 1.27. The van der Waals surface area contributed by atoms with Gasteiger partial charge < -0.3 is 20.2 Å². The number of imidazole rings is 1. The molecule has 4 rings (SSSR count). The fourth-order valence-corrected chi connectivity index (χ4v) is 3.73. The highest BCUT2D eigenvalue weighted by Crippen LogP contribution is 2.37. The van der Waals surface area contributed by atoms with Crippen molar-refractivity contribution in [2.75, 3.05) is 25.0 Å². The number of nitrogens with zero attached hydrogens (tertiary/aromatic N) is 4. The third-order valence-electron chi connectivity index (χ3n) is 5.31. The van der Waals surface area contributed by atoms with Gasteiger partial charge in [-0.3, -0.25) is 14.3 Å². The molecular formula is C18H18F3N5O4. The number of nitrogens with one attached hydrogen (secondary N) is 1. The maximum atomic E-state index is 12.6. The van der Waals surface area contributed by atoms with Crippen LogP contribution in [0.3, 0.4) is 0 Å². The molecular weight excluding hydrogens is 407 g/mol. The first kappa shape index (κ1) is 20.1. The Morgan fingerprint density at radius 2 is 1.93 bits per heavy atom. The quantitative estimate of drug-likeness (QED) is 0.597. The van der Waals surface area contributed by atoms with E-state index in [0.29, 0.717) is 38.2 Å². The Morgan fingerprint density at radius 3 is 2.50 bits per heavy atom. The highest BCUT2D eigenvalue weighted by molar-refractivity contribution is 5.92. The summed E-state index contributed by atoms with van der Waals surface area (Å²) >= 11 is 0. The van der Waals surface area contributed by atoms with Gasteiger partial charge in [0.2, 0.25) is 5.91 Å². The van der Waals surface area contributed by atoms with Gasteiger partial charge in [-0.25, -0.2) is 0 Å². The normalized spacial score (nSPS) is 18.1. The van der Waals surface area contributed by atoms with Crippen LogP contribution >= 0.6 is 0 Å². The van der Waals surface area contributed by atoms with Crippen LogP contribution in [0.4, 0.5) is 24.7 Å². The van der Waals surface area contributed by atoms with Gasteiger partial charge in [0, 0.05) is 36.6 Å². The Labute approximate surface area is 168 Å². The van der Waals surface area contributed by atoms with Crippen LogP contribution in [-0.2, 0) is 17.5 Å². The summed E-state index contributed by atoms with van der Waals surface area (Å²) < 4.78 is 45.3. The van der Waals surface area contributed by atoms with Crippen molar-refractivity contribution in [1.29, 1.82) is 0 Å². The number of halogens is 3. The fraction of sp³-hybridized carbons (Fsp3) is 0.444. The van der Waals surface area contributed by atoms with E-state index in [2.05, 4.69) is 10.3 Å². The van der Waals surface area contributed by atoms with Gasteiger partial charge in [-0.05, 0) is 29.2 Å². The number of likely N-dealkylation sites (tertiary alicyclic amines) is 1. The first-order valence-electron chi connectivity index (χ1n) is 9.24. The number of carbonyl (C=O) groups excluding carboxylic acids is 1. The third-order valence-corrected chi connectivity index (χ3v) is 5.31. The predicted molar refractivity (Wildman–Crippen MR) is 98.0 cm³/mol. The Bertz CT molecular complexity index is 940. The molecule has 1 saturated heterocycles. The van der Waals surface area contributed by atoms with E-state index in [4.69, 9.17) is 4.74 Å². The van der Waals surface area contributed by atoms with Gasteiger partial charge in [0.1, 0.15) is 11.8 Å². The zero-order valence-corrected chi connectivity index (χ0v) is 15.7. The summed E-state index contributed by atoms with van der Waals surface area (Å²) in [5, 5.41) is 13.4. The van der Waals surface area contributed by atoms with Crippen LogP contribution in [0.1, 0.15) is 18.4 Å². The largest absolute Gasteiger partial charge is 0.437 e. The van der Waals surface area contributed by atoms with E-state index in [1.165, 1.54) is 18.3 Å². The minimum Gasteiger partial charge on any atom is -0.437 e. The maximum absolute atomic E-state index is 12.6. The lowest BCUT2D eigenvalue weighted by molar-refractivity contribution is -0.389. The predicted octanol–water partition coefficient (Wildman–Crippen LogP) is 2.68. The number of benzene rings is 1. The van der Waals surface area contributed by atoms with Crippen molar-refractivity contribution in [2.45, 2.75) is 31.2 Å². The molecule has 1 N–H and O–H groups in total. The molecule has 2 aliphatic rings. The van der Waals surface area contributed by atoms with Gasteiger partial charge >= 0.3 is 18.0 Å². The molecule has 1 aromatic carbocycles. The summed E-state index contributed by atoms with van der Waals surface area (Å²) in [4.78, 5) is 28.2. The molecule has 0 radical (unpaired) electrons. The third kappa shape index (κ3) is 4.08. The number of aromatic nitrogens is 2. The standard InChI is InChI=1S/C18H18F3N5O4/c19-18(20,21)12-1-3-13(4-2-12)22-15(27)10-24-7-5-17(6-8-24)11-25-9-14(26(28)29)23-16(25)30-17/h1-4,9H,5-8,10-11H2,(H,22,27). The molecule has 1 amide bonds. The molecule has 1 fully saturated rings. The topological polar surface area (TPSA) is 103 Å². The summed E-state index contributed by atoms with van der Waals surface area (Å²) in [6, 6.07) is 4.52. The lowest BCUT2D eigenvalue weighted by atomic mass is 9.91. The van der Waals surface area contributed by atoms with E-state index >= 15 is 0 Å². The number of hydrogen-bond donors (Lipinski definition) is 1. The Hall–Kier alpha value is -3.15. The number of fused-ring (bicyclic) bond motifs is 1. The molecule has 0 aliphatic carbocycles. The molecule has 0 unspecified atom stereocenters. The van der Waals surface area contributed by atoms with E-state index < -0.39 is 22.3 Å². The number of hydrogen-bond acceptors (Lipinski definition) is 6. The van der Waals surface area contributed by atoms with Crippen LogP contribution in [-0.4, -0.2) is 50.5 Å². The Morgan fingerprint density at radius 1 is 1.27 bits per heavy atom. The monoisotopic (exact) mass is 425 g/mol. The molecule has 160 valence electrons. The molecule has 9 nitrogen and oxygen atoms in total. The SMILES string of the molecule is O=C(CN1CCC2(CC1)Cn1cc([N+](=O)[O-])nc1O2)Nc1ccc(C(F)(F)F)cc1. The molecule has 1 spiro atoms. The molecule has 12 heteroatoms. The van der Waals surface area contributed by atoms with Crippen molar-refractivity contribution in [3.63, 3.8) is 0 Å². The second-order valence-electron chi connectivity index (χ2n) is 7.45. The van der Waals surface area contributed by atoms with E-state index in [9.17, 15) is 28.1 Å². The van der Waals surface area contributed by atoms with E-state index in [1.807, 2.05) is 4.90 Å². The van der Waals surface area contributed by atoms with Crippen LogP contribution in [0.5, 0.6) is 6.01 Å². The van der Waals surface area contributed by atoms with Crippen LogP contribution in [0.15, 0.2) is 30.5 Å². The van der Waals surface area contributed by atoms with Gasteiger partial charge in [-0.1, -0.05) is 0 Å².